The molecular weight excluding hydrogens is 723 g/mol. The Morgan fingerprint density at radius 1 is 0.417 bits per heavy atom. The molecule has 0 aliphatic heterocycles. The lowest BCUT2D eigenvalue weighted by atomic mass is 9.81. The third kappa shape index (κ3) is 5.85. The Hall–Kier alpha value is -7.48. The molecule has 0 bridgehead atoms. The first-order chi connectivity index (χ1) is 31.6. The van der Waals surface area contributed by atoms with Crippen LogP contribution in [0, 0.1) is 0 Å². The first-order valence-corrected chi connectivity index (χ1v) is 20.5. The molecule has 0 fully saturated rings. The van der Waals surface area contributed by atoms with E-state index in [9.17, 15) is 0 Å². The fourth-order valence-corrected chi connectivity index (χ4v) is 9.52. The zero-order valence-corrected chi connectivity index (χ0v) is 33.4. The van der Waals surface area contributed by atoms with Gasteiger partial charge >= 0.3 is 0 Å². The number of fused-ring (bicyclic) bond motifs is 6. The average Bonchev–Trinajstić information content (AvgIpc) is 3.57. The number of hydrogen-bond donors (Lipinski definition) is 0. The molecule has 0 amide bonds. The van der Waals surface area contributed by atoms with Gasteiger partial charge in [0.25, 0.3) is 0 Å². The summed E-state index contributed by atoms with van der Waals surface area (Å²) in [6.07, 6.45) is 4.51. The molecule has 1 aliphatic carbocycles. The van der Waals surface area contributed by atoms with Gasteiger partial charge in [-0.1, -0.05) is 202 Å². The van der Waals surface area contributed by atoms with Crippen molar-refractivity contribution >= 4 is 61.5 Å². The summed E-state index contributed by atoms with van der Waals surface area (Å²) in [5.74, 6) is 0. The minimum Gasteiger partial charge on any atom is -0.310 e. The fraction of sp³-hybridized carbons (Fsp3) is 0.0508. The number of hydrogen-bond acceptors (Lipinski definition) is 1. The molecular formula is C59H43N. The topological polar surface area (TPSA) is 3.24 Å². The molecule has 0 spiro atoms. The van der Waals surface area contributed by atoms with Crippen LogP contribution in [0.25, 0.3) is 77.9 Å². The van der Waals surface area contributed by atoms with Gasteiger partial charge in [0.15, 0.2) is 0 Å². The molecule has 0 saturated carbocycles. The van der Waals surface area contributed by atoms with E-state index in [1.807, 2.05) is 24.3 Å². The molecule has 1 aliphatic rings. The molecule has 60 heavy (non-hydrogen) atoms. The SMILES string of the molecule is [2H]c1c([2H])c([2H])c(-c2ccc(-c3c4ccccc4c(/C=C/c4ccc5c(c4)C(C)(C)c4cc(N(c6ccccc6)c6ccccc6)ccc4-5)c4ccccc34)c3ccccc23)c([2H])c1[2H]. The number of rotatable bonds is 7. The highest BCUT2D eigenvalue weighted by atomic mass is 15.1. The van der Waals surface area contributed by atoms with E-state index in [-0.39, 0.29) is 35.1 Å². The molecule has 0 atom stereocenters. The fourth-order valence-electron chi connectivity index (χ4n) is 9.52. The van der Waals surface area contributed by atoms with E-state index in [4.69, 9.17) is 6.85 Å². The third-order valence-electron chi connectivity index (χ3n) is 12.3. The summed E-state index contributed by atoms with van der Waals surface area (Å²) in [6, 6.07) is 62.5. The molecule has 0 unspecified atom stereocenters. The molecule has 10 aromatic rings. The highest BCUT2D eigenvalue weighted by Crippen LogP contribution is 2.51. The monoisotopic (exact) mass is 770 g/mol. The Morgan fingerprint density at radius 2 is 0.900 bits per heavy atom. The smallest absolute Gasteiger partial charge is 0.0629 e. The van der Waals surface area contributed by atoms with Crippen LogP contribution in [0.3, 0.4) is 0 Å². The minimum atomic E-state index is -0.397. The lowest BCUT2D eigenvalue weighted by Crippen LogP contribution is -2.16. The Morgan fingerprint density at radius 3 is 1.52 bits per heavy atom. The maximum absolute atomic E-state index is 8.79. The van der Waals surface area contributed by atoms with Crippen LogP contribution >= 0.6 is 0 Å². The van der Waals surface area contributed by atoms with E-state index in [2.05, 4.69) is 189 Å². The van der Waals surface area contributed by atoms with Gasteiger partial charge in [0.1, 0.15) is 0 Å². The molecule has 0 saturated heterocycles. The van der Waals surface area contributed by atoms with Crippen molar-refractivity contribution in [2.45, 2.75) is 19.3 Å². The minimum absolute atomic E-state index is 0.204. The second kappa shape index (κ2) is 14.4. The lowest BCUT2D eigenvalue weighted by Gasteiger charge is -2.28. The van der Waals surface area contributed by atoms with Crippen molar-refractivity contribution in [3.63, 3.8) is 0 Å². The van der Waals surface area contributed by atoms with Crippen LogP contribution in [0.4, 0.5) is 17.1 Å². The summed E-state index contributed by atoms with van der Waals surface area (Å²) in [7, 11) is 0. The van der Waals surface area contributed by atoms with Gasteiger partial charge in [0.05, 0.1) is 6.85 Å². The first kappa shape index (κ1) is 30.6. The number of anilines is 3. The van der Waals surface area contributed by atoms with Crippen molar-refractivity contribution in [3.05, 3.63) is 234 Å². The molecule has 10 aromatic carbocycles. The van der Waals surface area contributed by atoms with Crippen molar-refractivity contribution in [2.75, 3.05) is 4.90 Å². The van der Waals surface area contributed by atoms with E-state index >= 15 is 0 Å². The molecule has 0 N–H and O–H groups in total. The van der Waals surface area contributed by atoms with Crippen molar-refractivity contribution in [1.82, 2.24) is 0 Å². The van der Waals surface area contributed by atoms with Gasteiger partial charge < -0.3 is 4.90 Å². The second-order valence-electron chi connectivity index (χ2n) is 16.1. The molecule has 284 valence electrons. The maximum Gasteiger partial charge on any atom is 0.0629 e. The van der Waals surface area contributed by atoms with Gasteiger partial charge in [0.2, 0.25) is 0 Å². The van der Waals surface area contributed by atoms with Crippen molar-refractivity contribution < 1.29 is 6.85 Å². The summed E-state index contributed by atoms with van der Waals surface area (Å²) < 4.78 is 42.6. The summed E-state index contributed by atoms with van der Waals surface area (Å²) in [6.45, 7) is 4.68. The predicted octanol–water partition coefficient (Wildman–Crippen LogP) is 16.4. The molecule has 11 rings (SSSR count). The zero-order valence-electron chi connectivity index (χ0n) is 38.4. The van der Waals surface area contributed by atoms with Gasteiger partial charge in [-0.2, -0.15) is 0 Å². The average molecular weight is 771 g/mol. The highest BCUT2D eigenvalue weighted by Gasteiger charge is 2.36. The Labute approximate surface area is 359 Å². The van der Waals surface area contributed by atoms with Crippen LogP contribution in [-0.4, -0.2) is 0 Å². The van der Waals surface area contributed by atoms with Crippen molar-refractivity contribution in [3.8, 4) is 33.4 Å². The standard InChI is InChI=1S/C59H43N/c1-59(2)56-38-40(31-34-51(56)52-35-32-44(39-57(52)59)60(42-20-8-4-9-21-42)43-22-10-5-11-23-43)30-33-50-48-26-14-16-28-53(48)58(54-29-17-15-27-49(50)54)55-37-36-45(41-18-6-3-7-19-41)46-24-12-13-25-47(46)55/h3-39H,1-2H3/b33-30+/i3D,6D,7D,18D,19D. The van der Waals surface area contributed by atoms with Gasteiger partial charge in [-0.15, -0.1) is 0 Å². The van der Waals surface area contributed by atoms with Crippen LogP contribution < -0.4 is 4.90 Å². The van der Waals surface area contributed by atoms with Crippen LogP contribution in [0.5, 0.6) is 0 Å². The molecule has 1 nitrogen and oxygen atoms in total. The van der Waals surface area contributed by atoms with Crippen molar-refractivity contribution in [1.29, 1.82) is 0 Å². The van der Waals surface area contributed by atoms with E-state index < -0.39 is 6.04 Å². The number of benzene rings is 10. The van der Waals surface area contributed by atoms with Crippen LogP contribution in [0.2, 0.25) is 0 Å². The highest BCUT2D eigenvalue weighted by molar-refractivity contribution is 6.21. The van der Waals surface area contributed by atoms with Gasteiger partial charge in [0, 0.05) is 22.5 Å². The second-order valence-corrected chi connectivity index (χ2v) is 16.1. The molecule has 1 heteroatoms. The van der Waals surface area contributed by atoms with E-state index in [0.29, 0.717) is 5.56 Å². The largest absolute Gasteiger partial charge is 0.310 e. The summed E-state index contributed by atoms with van der Waals surface area (Å²) in [5, 5.41) is 6.22. The normalized spacial score (nSPS) is 14.1. The maximum atomic E-state index is 8.79. The Kier molecular flexibility index (Phi) is 7.34. The molecule has 0 aromatic heterocycles. The summed E-state index contributed by atoms with van der Waals surface area (Å²) >= 11 is 0. The lowest BCUT2D eigenvalue weighted by molar-refractivity contribution is 0.660. The van der Waals surface area contributed by atoms with Gasteiger partial charge in [-0.05, 0) is 124 Å². The number of nitrogens with zero attached hydrogens (tertiary/aromatic N) is 1. The van der Waals surface area contributed by atoms with Crippen LogP contribution in [-0.2, 0) is 5.41 Å². The van der Waals surface area contributed by atoms with E-state index in [0.717, 1.165) is 71.6 Å². The first-order valence-electron chi connectivity index (χ1n) is 23.0. The zero-order chi connectivity index (χ0) is 44.6. The number of para-hydroxylation sites is 2. The van der Waals surface area contributed by atoms with Crippen LogP contribution in [0.1, 0.15) is 43.0 Å². The summed E-state index contributed by atoms with van der Waals surface area (Å²) in [5.41, 5.74) is 13.5. The molecule has 0 radical (unpaired) electrons. The summed E-state index contributed by atoms with van der Waals surface area (Å²) in [4.78, 5) is 2.33. The van der Waals surface area contributed by atoms with Gasteiger partial charge in [-0.3, -0.25) is 0 Å². The van der Waals surface area contributed by atoms with Crippen LogP contribution in [0.15, 0.2) is 212 Å². The Balaban J connectivity index is 1.01. The van der Waals surface area contributed by atoms with E-state index in [1.165, 1.54) is 22.3 Å². The third-order valence-corrected chi connectivity index (χ3v) is 12.3. The van der Waals surface area contributed by atoms with Gasteiger partial charge in [-0.25, -0.2) is 0 Å². The van der Waals surface area contributed by atoms with E-state index in [1.54, 1.807) is 0 Å². The Bertz CT molecular complexity index is 3450. The predicted molar refractivity (Wildman–Crippen MR) is 257 cm³/mol. The quantitative estimate of drug-likeness (QED) is 0.115. The molecule has 0 heterocycles. The van der Waals surface area contributed by atoms with Crippen molar-refractivity contribution in [2.24, 2.45) is 0 Å².